The number of nitrogen functional groups attached to an aromatic ring is 2. The first-order chi connectivity index (χ1) is 8.06. The molecule has 4 heteroatoms. The molecule has 0 aliphatic rings. The van der Waals surface area contributed by atoms with E-state index in [4.69, 9.17) is 11.5 Å². The molecule has 17 heavy (non-hydrogen) atoms. The molecular formula is C13H17N3S. The van der Waals surface area contributed by atoms with Gasteiger partial charge < -0.3 is 16.8 Å². The fourth-order valence-electron chi connectivity index (χ4n) is 1.67. The van der Waals surface area contributed by atoms with Crippen LogP contribution in [-0.2, 0) is 0 Å². The quantitative estimate of drug-likeness (QED) is 0.728. The second-order valence-electron chi connectivity index (χ2n) is 4.16. The van der Waals surface area contributed by atoms with Crippen molar-refractivity contribution >= 4 is 28.4 Å². The maximum Gasteiger partial charge on any atom is 0.0578 e. The van der Waals surface area contributed by atoms with Gasteiger partial charge in [0.15, 0.2) is 0 Å². The van der Waals surface area contributed by atoms with Crippen LogP contribution in [0.4, 0.5) is 17.1 Å². The SMILES string of the molecule is Cc1ccc(C(C)Nc2ccc(N)c(N)c2)s1. The van der Waals surface area contributed by atoms with Crippen molar-refractivity contribution in [1.82, 2.24) is 0 Å². The van der Waals surface area contributed by atoms with Crippen molar-refractivity contribution in [3.05, 3.63) is 40.1 Å². The molecule has 1 aromatic heterocycles. The fourth-order valence-corrected chi connectivity index (χ4v) is 2.55. The Morgan fingerprint density at radius 2 is 1.88 bits per heavy atom. The highest BCUT2D eigenvalue weighted by atomic mass is 32.1. The third-order valence-electron chi connectivity index (χ3n) is 2.66. The van der Waals surface area contributed by atoms with Crippen molar-refractivity contribution in [3.8, 4) is 0 Å². The maximum atomic E-state index is 5.78. The number of anilines is 3. The molecule has 0 bridgehead atoms. The molecule has 0 saturated carbocycles. The third-order valence-corrected chi connectivity index (χ3v) is 3.84. The zero-order valence-electron chi connectivity index (χ0n) is 10.0. The minimum absolute atomic E-state index is 0.275. The Kier molecular flexibility index (Phi) is 3.24. The van der Waals surface area contributed by atoms with Gasteiger partial charge in [0.05, 0.1) is 17.4 Å². The lowest BCUT2D eigenvalue weighted by Gasteiger charge is -2.14. The number of benzene rings is 1. The highest BCUT2D eigenvalue weighted by Crippen LogP contribution is 2.27. The summed E-state index contributed by atoms with van der Waals surface area (Å²) in [6, 6.07) is 10.2. The van der Waals surface area contributed by atoms with Gasteiger partial charge in [-0.25, -0.2) is 0 Å². The molecule has 90 valence electrons. The summed E-state index contributed by atoms with van der Waals surface area (Å²) in [6.07, 6.45) is 0. The molecule has 2 rings (SSSR count). The van der Waals surface area contributed by atoms with Crippen molar-refractivity contribution < 1.29 is 0 Å². The molecule has 0 spiro atoms. The first-order valence-corrected chi connectivity index (χ1v) is 6.36. The minimum Gasteiger partial charge on any atom is -0.397 e. The van der Waals surface area contributed by atoms with Crippen molar-refractivity contribution in [1.29, 1.82) is 0 Å². The Labute approximate surface area is 105 Å². The van der Waals surface area contributed by atoms with Crippen LogP contribution >= 0.6 is 11.3 Å². The van der Waals surface area contributed by atoms with Crippen LogP contribution in [0.3, 0.4) is 0 Å². The molecule has 0 aliphatic carbocycles. The van der Waals surface area contributed by atoms with E-state index >= 15 is 0 Å². The van der Waals surface area contributed by atoms with E-state index in [1.165, 1.54) is 9.75 Å². The van der Waals surface area contributed by atoms with Gasteiger partial charge in [-0.05, 0) is 44.2 Å². The Hall–Kier alpha value is -1.68. The zero-order valence-corrected chi connectivity index (χ0v) is 10.8. The van der Waals surface area contributed by atoms with Crippen molar-refractivity contribution in [2.24, 2.45) is 0 Å². The second-order valence-corrected chi connectivity index (χ2v) is 5.48. The van der Waals surface area contributed by atoms with E-state index < -0.39 is 0 Å². The fraction of sp³-hybridized carbons (Fsp3) is 0.231. The van der Waals surface area contributed by atoms with Gasteiger partial charge in [0, 0.05) is 15.4 Å². The number of hydrogen-bond donors (Lipinski definition) is 3. The Balaban J connectivity index is 2.12. The van der Waals surface area contributed by atoms with Crippen LogP contribution in [-0.4, -0.2) is 0 Å². The standard InChI is InChI=1S/C13H17N3S/c1-8-3-6-13(17-8)9(2)16-10-4-5-11(14)12(15)7-10/h3-7,9,16H,14-15H2,1-2H3. The molecule has 5 N–H and O–H groups in total. The minimum atomic E-state index is 0.275. The van der Waals surface area contributed by atoms with E-state index in [9.17, 15) is 0 Å². The maximum absolute atomic E-state index is 5.78. The van der Waals surface area contributed by atoms with E-state index in [-0.39, 0.29) is 6.04 Å². The molecule has 1 aromatic carbocycles. The molecule has 2 aromatic rings. The largest absolute Gasteiger partial charge is 0.397 e. The van der Waals surface area contributed by atoms with Gasteiger partial charge in [0.1, 0.15) is 0 Å². The lowest BCUT2D eigenvalue weighted by molar-refractivity contribution is 0.908. The van der Waals surface area contributed by atoms with E-state index in [0.717, 1.165) is 5.69 Å². The topological polar surface area (TPSA) is 64.1 Å². The van der Waals surface area contributed by atoms with Gasteiger partial charge in [0.2, 0.25) is 0 Å². The van der Waals surface area contributed by atoms with Gasteiger partial charge in [-0.3, -0.25) is 0 Å². The first-order valence-electron chi connectivity index (χ1n) is 5.54. The summed E-state index contributed by atoms with van der Waals surface area (Å²) < 4.78 is 0. The number of thiophene rings is 1. The van der Waals surface area contributed by atoms with Crippen LogP contribution in [0, 0.1) is 6.92 Å². The summed E-state index contributed by atoms with van der Waals surface area (Å²) in [5.74, 6) is 0. The summed E-state index contributed by atoms with van der Waals surface area (Å²) in [5, 5.41) is 3.41. The number of nitrogens with two attached hydrogens (primary N) is 2. The summed E-state index contributed by atoms with van der Waals surface area (Å²) in [6.45, 7) is 4.25. The van der Waals surface area contributed by atoms with Crippen LogP contribution in [0.2, 0.25) is 0 Å². The molecule has 3 nitrogen and oxygen atoms in total. The van der Waals surface area contributed by atoms with E-state index in [1.807, 2.05) is 18.2 Å². The molecule has 0 amide bonds. The summed E-state index contributed by atoms with van der Waals surface area (Å²) >= 11 is 1.80. The molecule has 0 aliphatic heterocycles. The number of aryl methyl sites for hydroxylation is 1. The van der Waals surface area contributed by atoms with E-state index in [1.54, 1.807) is 11.3 Å². The van der Waals surface area contributed by atoms with Crippen molar-refractivity contribution in [2.75, 3.05) is 16.8 Å². The van der Waals surface area contributed by atoms with E-state index in [2.05, 4.69) is 31.3 Å². The number of rotatable bonds is 3. The van der Waals surface area contributed by atoms with Crippen LogP contribution in [0.25, 0.3) is 0 Å². The monoisotopic (exact) mass is 247 g/mol. The molecule has 0 radical (unpaired) electrons. The lowest BCUT2D eigenvalue weighted by atomic mass is 10.2. The highest BCUT2D eigenvalue weighted by molar-refractivity contribution is 7.12. The van der Waals surface area contributed by atoms with Crippen LogP contribution < -0.4 is 16.8 Å². The Morgan fingerprint density at radius 3 is 2.47 bits per heavy atom. The molecule has 0 saturated heterocycles. The first kappa shape index (κ1) is 11.8. The zero-order chi connectivity index (χ0) is 12.4. The average Bonchev–Trinajstić information content (AvgIpc) is 2.70. The normalized spacial score (nSPS) is 12.4. The van der Waals surface area contributed by atoms with Crippen molar-refractivity contribution in [3.63, 3.8) is 0 Å². The van der Waals surface area contributed by atoms with Gasteiger partial charge in [-0.15, -0.1) is 11.3 Å². The summed E-state index contributed by atoms with van der Waals surface area (Å²) in [7, 11) is 0. The smallest absolute Gasteiger partial charge is 0.0578 e. The summed E-state index contributed by atoms with van der Waals surface area (Å²) in [5.41, 5.74) is 13.7. The number of nitrogens with one attached hydrogen (secondary N) is 1. The predicted molar refractivity (Wildman–Crippen MR) is 76.4 cm³/mol. The van der Waals surface area contributed by atoms with Crippen LogP contribution in [0.15, 0.2) is 30.3 Å². The van der Waals surface area contributed by atoms with E-state index in [0.29, 0.717) is 11.4 Å². The third kappa shape index (κ3) is 2.71. The van der Waals surface area contributed by atoms with Gasteiger partial charge >= 0.3 is 0 Å². The van der Waals surface area contributed by atoms with Gasteiger partial charge in [-0.1, -0.05) is 0 Å². The molecule has 0 fully saturated rings. The number of hydrogen-bond acceptors (Lipinski definition) is 4. The van der Waals surface area contributed by atoms with Crippen molar-refractivity contribution in [2.45, 2.75) is 19.9 Å². The Bertz CT molecular complexity index is 519. The molecule has 1 unspecified atom stereocenters. The lowest BCUT2D eigenvalue weighted by Crippen LogP contribution is -2.05. The highest BCUT2D eigenvalue weighted by Gasteiger charge is 2.07. The van der Waals surface area contributed by atoms with Gasteiger partial charge in [-0.2, -0.15) is 0 Å². The molecule has 1 heterocycles. The Morgan fingerprint density at radius 1 is 1.12 bits per heavy atom. The van der Waals surface area contributed by atoms with Crippen LogP contribution in [0.1, 0.15) is 22.7 Å². The molecular weight excluding hydrogens is 230 g/mol. The predicted octanol–water partition coefficient (Wildman–Crippen LogP) is 3.39. The van der Waals surface area contributed by atoms with Gasteiger partial charge in [0.25, 0.3) is 0 Å². The second kappa shape index (κ2) is 4.67. The summed E-state index contributed by atoms with van der Waals surface area (Å²) in [4.78, 5) is 2.64. The molecule has 1 atom stereocenters. The average molecular weight is 247 g/mol. The van der Waals surface area contributed by atoms with Crippen LogP contribution in [0.5, 0.6) is 0 Å².